The van der Waals surface area contributed by atoms with Crippen molar-refractivity contribution in [3.05, 3.63) is 12.2 Å². The first-order valence-corrected chi connectivity index (χ1v) is 32.1. The Hall–Kier alpha value is -6.17. The maximum absolute atomic E-state index is 15.2. The van der Waals surface area contributed by atoms with Crippen molar-refractivity contribution in [2.24, 2.45) is 35.5 Å². The Kier molecular flexibility index (Phi) is 32.7. The average Bonchev–Trinajstić information content (AvgIpc) is 2.33. The van der Waals surface area contributed by atoms with Crippen molar-refractivity contribution in [3.8, 4) is 0 Å². The van der Waals surface area contributed by atoms with Gasteiger partial charge in [0, 0.05) is 55.8 Å². The molecule has 1 fully saturated rings. The lowest BCUT2D eigenvalue weighted by Gasteiger charge is -2.41. The molecule has 0 spiro atoms. The molecule has 89 heavy (non-hydrogen) atoms. The second-order valence-corrected chi connectivity index (χ2v) is 27.5. The highest BCUT2D eigenvalue weighted by Gasteiger charge is 2.46. The zero-order valence-electron chi connectivity index (χ0n) is 58.7. The van der Waals surface area contributed by atoms with Crippen LogP contribution in [0, 0.1) is 35.5 Å². The van der Waals surface area contributed by atoms with E-state index in [1.807, 2.05) is 41.5 Å². The SMILES string of the molecule is C/C=C/C[C@@H](C)[C@@H](O)[C@H]1C(=O)N[C@@H](CC)C(=O)N(C)[C@H](CCC)C(=O)N(C)[C@@H](CC(C)(C)O)C(=O)N[C@@H](C(C)C)C(=O)N(C)[C@@H](CC(C)C)C(=O)N[C@@H](C)C(=O)N[C@H](C)C(=O)N(C)[C@@H](CC(C)C)C(=O)N(C)[C@@H](CC(C)C)C(=O)N(C)[C@@H](C(C)C)C(=O)N1C. The third kappa shape index (κ3) is 22.6. The average molecular weight is 1260 g/mol. The summed E-state index contributed by atoms with van der Waals surface area (Å²) < 4.78 is 0. The second kappa shape index (κ2) is 36.0. The van der Waals surface area contributed by atoms with Crippen LogP contribution in [0.25, 0.3) is 0 Å². The molecule has 0 aromatic carbocycles. The highest BCUT2D eigenvalue weighted by Crippen LogP contribution is 2.27. The fourth-order valence-electron chi connectivity index (χ4n) is 11.4. The van der Waals surface area contributed by atoms with Gasteiger partial charge < -0.3 is 65.8 Å². The molecule has 1 heterocycles. The summed E-state index contributed by atoms with van der Waals surface area (Å²) in [6, 6.07) is -14.2. The van der Waals surface area contributed by atoms with Crippen molar-refractivity contribution >= 4 is 65.0 Å². The van der Waals surface area contributed by atoms with Gasteiger partial charge in [0.25, 0.3) is 0 Å². The van der Waals surface area contributed by atoms with Gasteiger partial charge >= 0.3 is 0 Å². The maximum Gasteiger partial charge on any atom is 0.246 e. The van der Waals surface area contributed by atoms with Crippen LogP contribution < -0.4 is 21.3 Å². The minimum absolute atomic E-state index is 0.0146. The molecule has 11 amide bonds. The minimum atomic E-state index is -1.64. The summed E-state index contributed by atoms with van der Waals surface area (Å²) in [6.45, 7) is 30.7. The Morgan fingerprint density at radius 2 is 0.888 bits per heavy atom. The molecule has 0 saturated carbocycles. The van der Waals surface area contributed by atoms with Crippen molar-refractivity contribution in [1.82, 2.24) is 55.6 Å². The van der Waals surface area contributed by atoms with Gasteiger partial charge in [-0.2, -0.15) is 0 Å². The van der Waals surface area contributed by atoms with Crippen LogP contribution in [0.2, 0.25) is 0 Å². The second-order valence-electron chi connectivity index (χ2n) is 27.5. The summed E-state index contributed by atoms with van der Waals surface area (Å²) in [5.41, 5.74) is -1.56. The molecule has 1 saturated heterocycles. The molecule has 0 aromatic rings. The summed E-state index contributed by atoms with van der Waals surface area (Å²) >= 11 is 0. The summed E-state index contributed by atoms with van der Waals surface area (Å²) in [5, 5.41) is 34.4. The maximum atomic E-state index is 15.2. The molecule has 1 aliphatic rings. The van der Waals surface area contributed by atoms with Crippen LogP contribution >= 0.6 is 0 Å². The smallest absolute Gasteiger partial charge is 0.246 e. The van der Waals surface area contributed by atoms with Crippen LogP contribution in [0.15, 0.2) is 12.2 Å². The van der Waals surface area contributed by atoms with Crippen LogP contribution in [0.4, 0.5) is 0 Å². The lowest BCUT2D eigenvalue weighted by Crippen LogP contribution is -2.64. The van der Waals surface area contributed by atoms with Gasteiger partial charge in [-0.15, -0.1) is 0 Å². The van der Waals surface area contributed by atoms with E-state index in [1.54, 1.807) is 67.5 Å². The van der Waals surface area contributed by atoms with Crippen LogP contribution in [-0.4, -0.2) is 237 Å². The van der Waals surface area contributed by atoms with E-state index in [4.69, 9.17) is 0 Å². The fraction of sp³-hybridized carbons (Fsp3) is 0.800. The predicted octanol–water partition coefficient (Wildman–Crippen LogP) is 3.55. The number of allylic oxidation sites excluding steroid dienone is 2. The predicted molar refractivity (Wildman–Crippen MR) is 344 cm³/mol. The van der Waals surface area contributed by atoms with E-state index in [1.165, 1.54) is 102 Å². The first-order chi connectivity index (χ1) is 41.0. The van der Waals surface area contributed by atoms with E-state index >= 15 is 19.2 Å². The first-order valence-electron chi connectivity index (χ1n) is 32.1. The fourth-order valence-corrected chi connectivity index (χ4v) is 11.4. The third-order valence-electron chi connectivity index (χ3n) is 16.9. The van der Waals surface area contributed by atoms with E-state index in [9.17, 15) is 43.8 Å². The molecule has 0 bridgehead atoms. The van der Waals surface area contributed by atoms with Crippen molar-refractivity contribution in [2.45, 2.75) is 254 Å². The summed E-state index contributed by atoms with van der Waals surface area (Å²) in [6.07, 6.45) is 2.86. The van der Waals surface area contributed by atoms with Crippen molar-refractivity contribution in [1.29, 1.82) is 0 Å². The number of hydrogen-bond acceptors (Lipinski definition) is 13. The van der Waals surface area contributed by atoms with Gasteiger partial charge in [0.1, 0.15) is 66.5 Å². The van der Waals surface area contributed by atoms with Gasteiger partial charge in [-0.1, -0.05) is 109 Å². The highest BCUT2D eigenvalue weighted by atomic mass is 16.3. The van der Waals surface area contributed by atoms with E-state index in [-0.39, 0.29) is 56.3 Å². The van der Waals surface area contributed by atoms with Crippen molar-refractivity contribution in [3.63, 3.8) is 0 Å². The van der Waals surface area contributed by atoms with E-state index in [0.29, 0.717) is 12.8 Å². The molecule has 6 N–H and O–H groups in total. The molecule has 0 aliphatic carbocycles. The highest BCUT2D eigenvalue weighted by molar-refractivity contribution is 6.00. The number of nitrogens with one attached hydrogen (secondary N) is 4. The molecule has 13 atom stereocenters. The van der Waals surface area contributed by atoms with E-state index in [0.717, 1.165) is 9.80 Å². The quantitative estimate of drug-likeness (QED) is 0.114. The largest absolute Gasteiger partial charge is 0.390 e. The van der Waals surface area contributed by atoms with Gasteiger partial charge in [-0.05, 0) is 109 Å². The van der Waals surface area contributed by atoms with E-state index < -0.39 is 161 Å². The summed E-state index contributed by atoms with van der Waals surface area (Å²) in [7, 11) is 9.82. The molecule has 0 unspecified atom stereocenters. The van der Waals surface area contributed by atoms with Gasteiger partial charge in [0.15, 0.2) is 0 Å². The number of aliphatic hydroxyl groups is 2. The molecule has 0 radical (unpaired) electrons. The number of hydrogen-bond donors (Lipinski definition) is 6. The Morgan fingerprint density at radius 3 is 1.34 bits per heavy atom. The molecule has 24 nitrogen and oxygen atoms in total. The lowest BCUT2D eigenvalue weighted by atomic mass is 9.91. The Bertz CT molecular complexity index is 2440. The van der Waals surface area contributed by atoms with Gasteiger partial charge in [0.05, 0.1) is 11.7 Å². The minimum Gasteiger partial charge on any atom is -0.390 e. The molecular weight excluding hydrogens is 1140 g/mol. The number of carbonyl (C=O) groups is 11. The van der Waals surface area contributed by atoms with Crippen molar-refractivity contribution < 1.29 is 63.0 Å². The molecule has 1 aliphatic heterocycles. The number of nitrogens with zero attached hydrogens (tertiary/aromatic N) is 7. The molecule has 0 aromatic heterocycles. The Morgan fingerprint density at radius 1 is 0.472 bits per heavy atom. The third-order valence-corrected chi connectivity index (χ3v) is 16.9. The molecule has 1 rings (SSSR count). The van der Waals surface area contributed by atoms with Crippen LogP contribution in [-0.2, 0) is 52.7 Å². The zero-order valence-corrected chi connectivity index (χ0v) is 58.7. The molecule has 24 heteroatoms. The van der Waals surface area contributed by atoms with Crippen molar-refractivity contribution in [2.75, 3.05) is 49.3 Å². The summed E-state index contributed by atoms with van der Waals surface area (Å²) in [4.78, 5) is 171. The number of carbonyl (C=O) groups excluding carboxylic acids is 11. The summed E-state index contributed by atoms with van der Waals surface area (Å²) in [5.74, 6) is -10.2. The number of aliphatic hydroxyl groups excluding tert-OH is 1. The Labute approximate surface area is 532 Å². The van der Waals surface area contributed by atoms with Gasteiger partial charge in [0.2, 0.25) is 65.0 Å². The van der Waals surface area contributed by atoms with Crippen LogP contribution in [0.1, 0.15) is 176 Å². The number of likely N-dealkylation sites (N-methyl/N-ethyl adjacent to an activating group) is 7. The zero-order chi connectivity index (χ0) is 69.2. The topological polar surface area (TPSA) is 299 Å². The Balaban J connectivity index is 4.48. The lowest BCUT2D eigenvalue weighted by molar-refractivity contribution is -0.157. The normalized spacial score (nSPS) is 27.2. The molecular formula is C65H117N11O13. The number of rotatable bonds is 17. The van der Waals surface area contributed by atoms with Gasteiger partial charge in [-0.25, -0.2) is 0 Å². The van der Waals surface area contributed by atoms with E-state index in [2.05, 4.69) is 21.3 Å². The van der Waals surface area contributed by atoms with Crippen LogP contribution in [0.3, 0.4) is 0 Å². The monoisotopic (exact) mass is 1260 g/mol. The number of amides is 11. The first kappa shape index (κ1) is 80.8. The van der Waals surface area contributed by atoms with Gasteiger partial charge in [-0.3, -0.25) is 52.7 Å². The standard InChI is InChI=1S/C65H117N11O13/c1-26-29-31-41(14)53(77)52-57(81)68-44(28-3)59(83)70(19)45(30-27-2)60(84)74(23)49(35-65(17,18)89)56(80)69-50(39(10)11)63(87)71(20)46(32-36(4)5)55(79)66-42(15)54(78)67-43(16)58(82)72(21)47(33-37(6)7)61(85)73(22)48(34-38(8)9)62(86)75(24)51(40(12)13)64(88)76(52)25/h26,29,36-53,77,89H,27-28,30-35H2,1-25H3,(H,66,79)(H,67,78)(H,68,81)(H,69,80)/b29-26+/t41-,42+,43-,44+,45-,46+,47+,48+,49+,50+,51+,52+,53-/m1/s1. The van der Waals surface area contributed by atoms with Crippen LogP contribution in [0.5, 0.6) is 0 Å². The molecule has 510 valence electrons.